The van der Waals surface area contributed by atoms with Crippen LogP contribution in [0.2, 0.25) is 0 Å². The normalized spacial score (nSPS) is 10.5. The fourth-order valence-corrected chi connectivity index (χ4v) is 3.36. The summed E-state index contributed by atoms with van der Waals surface area (Å²) in [4.78, 5) is 23.7. The van der Waals surface area contributed by atoms with E-state index in [0.29, 0.717) is 30.7 Å². The second kappa shape index (κ2) is 9.75. The summed E-state index contributed by atoms with van der Waals surface area (Å²) in [5.74, 6) is -0.461. The zero-order chi connectivity index (χ0) is 22.4. The van der Waals surface area contributed by atoms with Crippen molar-refractivity contribution in [2.45, 2.75) is 26.8 Å². The molecule has 0 aliphatic rings. The summed E-state index contributed by atoms with van der Waals surface area (Å²) in [6, 6.07) is 15.0. The molecule has 1 amide bonds. The Bertz CT molecular complexity index is 1100. The zero-order valence-corrected chi connectivity index (χ0v) is 17.6. The Morgan fingerprint density at radius 1 is 1.10 bits per heavy atom. The minimum atomic E-state index is -0.358. The summed E-state index contributed by atoms with van der Waals surface area (Å²) in [6.07, 6.45) is 4.28. The maximum absolute atomic E-state index is 12.5. The Hall–Kier alpha value is -3.87. The van der Waals surface area contributed by atoms with Crippen molar-refractivity contribution < 1.29 is 14.3 Å². The molecule has 4 N–H and O–H groups in total. The molecule has 2 aromatic carbocycles. The molecule has 0 spiro atoms. The fourth-order valence-electron chi connectivity index (χ4n) is 3.36. The average molecular weight is 418 g/mol. The number of benzene rings is 2. The lowest BCUT2D eigenvalue weighted by molar-refractivity contribution is -0.114. The second-order valence-corrected chi connectivity index (χ2v) is 7.26. The Kier molecular flexibility index (Phi) is 6.87. The molecule has 1 heterocycles. The maximum Gasteiger partial charge on any atom is 0.339 e. The first-order valence-corrected chi connectivity index (χ1v) is 10.0. The van der Waals surface area contributed by atoms with Crippen molar-refractivity contribution in [1.29, 1.82) is 5.41 Å². The van der Waals surface area contributed by atoms with Gasteiger partial charge in [0.1, 0.15) is 5.84 Å². The van der Waals surface area contributed by atoms with Crippen LogP contribution in [0.4, 0.5) is 5.69 Å². The number of amides is 1. The number of anilines is 1. The van der Waals surface area contributed by atoms with Crippen LogP contribution in [0.1, 0.15) is 46.5 Å². The van der Waals surface area contributed by atoms with Gasteiger partial charge in [-0.3, -0.25) is 10.2 Å². The first-order chi connectivity index (χ1) is 14.9. The van der Waals surface area contributed by atoms with Crippen LogP contribution < -0.4 is 11.1 Å². The van der Waals surface area contributed by atoms with E-state index in [1.54, 1.807) is 19.2 Å². The zero-order valence-electron chi connectivity index (χ0n) is 17.6. The highest BCUT2D eigenvalue weighted by Gasteiger charge is 2.16. The molecule has 0 radical (unpaired) electrons. The van der Waals surface area contributed by atoms with E-state index in [9.17, 15) is 9.59 Å². The molecule has 7 nitrogen and oxygen atoms in total. The molecule has 3 rings (SSSR count). The molecule has 0 saturated heterocycles. The van der Waals surface area contributed by atoms with Gasteiger partial charge < -0.3 is 20.4 Å². The van der Waals surface area contributed by atoms with E-state index >= 15 is 0 Å². The Morgan fingerprint density at radius 2 is 1.84 bits per heavy atom. The van der Waals surface area contributed by atoms with Crippen LogP contribution in [0.15, 0.2) is 60.9 Å². The monoisotopic (exact) mass is 418 g/mol. The van der Waals surface area contributed by atoms with Gasteiger partial charge in [-0.15, -0.1) is 0 Å². The molecule has 0 aliphatic carbocycles. The van der Waals surface area contributed by atoms with Crippen LogP contribution in [0, 0.1) is 5.41 Å². The molecule has 7 heteroatoms. The van der Waals surface area contributed by atoms with Crippen LogP contribution in [-0.2, 0) is 22.5 Å². The smallest absolute Gasteiger partial charge is 0.339 e. The number of nitrogen functional groups attached to an aromatic ring is 1. The highest BCUT2D eigenvalue weighted by Crippen LogP contribution is 2.20. The molecule has 0 unspecified atom stereocenters. The third-order valence-electron chi connectivity index (χ3n) is 4.73. The number of nitrogens with one attached hydrogen (secondary N) is 2. The van der Waals surface area contributed by atoms with Gasteiger partial charge >= 0.3 is 5.97 Å². The van der Waals surface area contributed by atoms with Crippen LogP contribution >= 0.6 is 0 Å². The lowest BCUT2D eigenvalue weighted by Gasteiger charge is -2.06. The highest BCUT2D eigenvalue weighted by molar-refractivity contribution is 5.95. The third-order valence-corrected chi connectivity index (χ3v) is 4.73. The summed E-state index contributed by atoms with van der Waals surface area (Å²) in [6.45, 7) is 4.08. The number of ether oxygens (including phenoxy) is 1. The van der Waals surface area contributed by atoms with Gasteiger partial charge in [-0.05, 0) is 48.2 Å². The van der Waals surface area contributed by atoms with Gasteiger partial charge in [-0.1, -0.05) is 30.3 Å². The van der Waals surface area contributed by atoms with Gasteiger partial charge in [-0.2, -0.15) is 0 Å². The van der Waals surface area contributed by atoms with E-state index < -0.39 is 0 Å². The minimum absolute atomic E-state index is 0.0185. The van der Waals surface area contributed by atoms with Crippen molar-refractivity contribution in [2.24, 2.45) is 5.73 Å². The lowest BCUT2D eigenvalue weighted by atomic mass is 10.0. The van der Waals surface area contributed by atoms with Crippen LogP contribution in [-0.4, -0.2) is 28.9 Å². The molecule has 0 aliphatic heterocycles. The van der Waals surface area contributed by atoms with Crippen molar-refractivity contribution >= 4 is 23.4 Å². The number of amidine groups is 1. The van der Waals surface area contributed by atoms with Crippen LogP contribution in [0.5, 0.6) is 0 Å². The van der Waals surface area contributed by atoms with Gasteiger partial charge in [0.15, 0.2) is 0 Å². The van der Waals surface area contributed by atoms with E-state index in [0.717, 1.165) is 22.4 Å². The van der Waals surface area contributed by atoms with Gasteiger partial charge in [0, 0.05) is 37.1 Å². The van der Waals surface area contributed by atoms with Crippen molar-refractivity contribution in [3.63, 3.8) is 0 Å². The summed E-state index contributed by atoms with van der Waals surface area (Å²) in [5, 5.41) is 10.4. The van der Waals surface area contributed by atoms with Gasteiger partial charge in [0.25, 0.3) is 0 Å². The number of hydrogen-bond donors (Lipinski definition) is 3. The van der Waals surface area contributed by atoms with Gasteiger partial charge in [0.2, 0.25) is 5.91 Å². The predicted octanol–water partition coefficient (Wildman–Crippen LogP) is 3.55. The van der Waals surface area contributed by atoms with Crippen LogP contribution in [0.3, 0.4) is 0 Å². The standard InChI is InChI=1S/C24H26N4O3/c1-3-31-24(30)22-15-28(13-18-5-4-6-19(12-18)23(25)26)14-20(22)11-17-7-9-21(10-8-17)27-16(2)29/h4-10,12,14-15H,3,11,13H2,1-2H3,(H3,25,26)(H,27,29). The molecular weight excluding hydrogens is 392 g/mol. The largest absolute Gasteiger partial charge is 0.462 e. The van der Waals surface area contributed by atoms with E-state index in [4.69, 9.17) is 15.9 Å². The lowest BCUT2D eigenvalue weighted by Crippen LogP contribution is -2.11. The van der Waals surface area contributed by atoms with Gasteiger partial charge in [0.05, 0.1) is 12.2 Å². The summed E-state index contributed by atoms with van der Waals surface area (Å²) in [5.41, 5.74) is 10.3. The summed E-state index contributed by atoms with van der Waals surface area (Å²) in [7, 11) is 0. The average Bonchev–Trinajstić information content (AvgIpc) is 3.11. The van der Waals surface area contributed by atoms with Crippen molar-refractivity contribution in [2.75, 3.05) is 11.9 Å². The molecule has 1 aromatic heterocycles. The molecule has 0 atom stereocenters. The number of nitrogens with two attached hydrogens (primary N) is 1. The number of esters is 1. The second-order valence-electron chi connectivity index (χ2n) is 7.26. The number of aromatic nitrogens is 1. The number of nitrogens with zero attached hydrogens (tertiary/aromatic N) is 1. The third kappa shape index (κ3) is 5.82. The molecule has 3 aromatic rings. The Balaban J connectivity index is 1.85. The number of carbonyl (C=O) groups is 2. The van der Waals surface area contributed by atoms with E-state index in [-0.39, 0.29) is 17.7 Å². The van der Waals surface area contributed by atoms with Crippen molar-refractivity contribution in [3.05, 3.63) is 88.7 Å². The predicted molar refractivity (Wildman–Crippen MR) is 121 cm³/mol. The van der Waals surface area contributed by atoms with Crippen molar-refractivity contribution in [1.82, 2.24) is 4.57 Å². The fraction of sp³-hybridized carbons (Fsp3) is 0.208. The maximum atomic E-state index is 12.5. The molecule has 160 valence electrons. The Morgan fingerprint density at radius 3 is 2.48 bits per heavy atom. The summed E-state index contributed by atoms with van der Waals surface area (Å²) >= 11 is 0. The Labute approximate surface area is 181 Å². The van der Waals surface area contributed by atoms with Gasteiger partial charge in [-0.25, -0.2) is 4.79 Å². The van der Waals surface area contributed by atoms with Crippen LogP contribution in [0.25, 0.3) is 0 Å². The first-order valence-electron chi connectivity index (χ1n) is 10.0. The summed E-state index contributed by atoms with van der Waals surface area (Å²) < 4.78 is 7.18. The molecule has 0 saturated carbocycles. The molecular formula is C24H26N4O3. The van der Waals surface area contributed by atoms with E-state index in [1.807, 2.05) is 53.2 Å². The highest BCUT2D eigenvalue weighted by atomic mass is 16.5. The molecule has 0 fully saturated rings. The van der Waals surface area contributed by atoms with E-state index in [1.165, 1.54) is 6.92 Å². The SMILES string of the molecule is CCOC(=O)c1cn(Cc2cccc(C(=N)N)c2)cc1Cc1ccc(NC(C)=O)cc1. The number of carbonyl (C=O) groups excluding carboxylic acids is 2. The number of rotatable bonds is 8. The first kappa shape index (κ1) is 21.8. The quantitative estimate of drug-likeness (QED) is 0.295. The van der Waals surface area contributed by atoms with E-state index in [2.05, 4.69) is 5.32 Å². The minimum Gasteiger partial charge on any atom is -0.462 e. The topological polar surface area (TPSA) is 110 Å². The molecule has 31 heavy (non-hydrogen) atoms. The van der Waals surface area contributed by atoms with Crippen molar-refractivity contribution in [3.8, 4) is 0 Å². The number of hydrogen-bond acceptors (Lipinski definition) is 4. The molecule has 0 bridgehead atoms.